The van der Waals surface area contributed by atoms with Crippen LogP contribution in [0.25, 0.3) is 5.65 Å². The monoisotopic (exact) mass is 311 g/mol. The van der Waals surface area contributed by atoms with E-state index in [1.54, 1.807) is 6.07 Å². The maximum Gasteiger partial charge on any atom is 0.287 e. The molecule has 3 rings (SSSR count). The third-order valence-corrected chi connectivity index (χ3v) is 3.90. The van der Waals surface area contributed by atoms with Gasteiger partial charge in [0.15, 0.2) is 5.15 Å². The van der Waals surface area contributed by atoms with Gasteiger partial charge in [0.1, 0.15) is 18.9 Å². The standard InChI is InChI=1S/C14H10Cl3N2/c15-11-5-4-10(12(16)8-11)9-18-6-7-19-13(17)2-1-3-14(18)19/h1-8H,9H2/q+1. The van der Waals surface area contributed by atoms with E-state index in [2.05, 4.69) is 4.57 Å². The Morgan fingerprint density at radius 3 is 2.68 bits per heavy atom. The topological polar surface area (TPSA) is 8.29 Å². The Morgan fingerprint density at radius 1 is 1.05 bits per heavy atom. The molecule has 5 heteroatoms. The van der Waals surface area contributed by atoms with E-state index in [-0.39, 0.29) is 0 Å². The Morgan fingerprint density at radius 2 is 1.89 bits per heavy atom. The van der Waals surface area contributed by atoms with E-state index in [1.807, 2.05) is 47.1 Å². The van der Waals surface area contributed by atoms with Crippen LogP contribution in [0.4, 0.5) is 0 Å². The van der Waals surface area contributed by atoms with Crippen molar-refractivity contribution in [3.8, 4) is 0 Å². The first-order valence-corrected chi connectivity index (χ1v) is 6.87. The number of fused-ring (bicyclic) bond motifs is 1. The highest BCUT2D eigenvalue weighted by atomic mass is 35.5. The van der Waals surface area contributed by atoms with Crippen LogP contribution in [0.1, 0.15) is 5.56 Å². The third kappa shape index (κ3) is 2.44. The van der Waals surface area contributed by atoms with Gasteiger partial charge in [0.05, 0.1) is 0 Å². The minimum absolute atomic E-state index is 0.642. The lowest BCUT2D eigenvalue weighted by Gasteiger charge is -2.02. The Hall–Kier alpha value is -1.22. The summed E-state index contributed by atoms with van der Waals surface area (Å²) in [5, 5.41) is 1.99. The molecule has 0 unspecified atom stereocenters. The van der Waals surface area contributed by atoms with Gasteiger partial charge in [-0.2, -0.15) is 4.40 Å². The Labute approximate surface area is 125 Å². The largest absolute Gasteiger partial charge is 0.287 e. The molecule has 19 heavy (non-hydrogen) atoms. The van der Waals surface area contributed by atoms with Gasteiger partial charge in [0.25, 0.3) is 5.65 Å². The van der Waals surface area contributed by atoms with Gasteiger partial charge >= 0.3 is 0 Å². The first-order chi connectivity index (χ1) is 9.15. The van der Waals surface area contributed by atoms with Gasteiger partial charge in [0.2, 0.25) is 0 Å². The summed E-state index contributed by atoms with van der Waals surface area (Å²) in [6.45, 7) is 0.673. The second kappa shape index (κ2) is 5.04. The Bertz CT molecular complexity index is 750. The fourth-order valence-corrected chi connectivity index (χ4v) is 2.74. The van der Waals surface area contributed by atoms with Gasteiger partial charge in [-0.25, -0.2) is 4.57 Å². The predicted octanol–water partition coefficient (Wildman–Crippen LogP) is 4.24. The zero-order chi connectivity index (χ0) is 13.4. The molecule has 0 fully saturated rings. The third-order valence-electron chi connectivity index (χ3n) is 3.00. The number of imidazole rings is 1. The Kier molecular flexibility index (Phi) is 3.40. The molecule has 0 saturated heterocycles. The fraction of sp³-hybridized carbons (Fsp3) is 0.0714. The molecule has 0 aliphatic heterocycles. The van der Waals surface area contributed by atoms with Crippen molar-refractivity contribution in [2.75, 3.05) is 0 Å². The number of pyridine rings is 1. The second-order valence-electron chi connectivity index (χ2n) is 4.24. The molecular weight excluding hydrogens is 303 g/mol. The molecule has 0 spiro atoms. The molecule has 3 aromatic rings. The molecule has 0 N–H and O–H groups in total. The molecule has 0 aliphatic carbocycles. The van der Waals surface area contributed by atoms with E-state index < -0.39 is 0 Å². The van der Waals surface area contributed by atoms with Gasteiger partial charge in [-0.1, -0.05) is 29.3 Å². The number of hydrogen-bond acceptors (Lipinski definition) is 0. The van der Waals surface area contributed by atoms with Crippen LogP contribution in [0.5, 0.6) is 0 Å². The van der Waals surface area contributed by atoms with Gasteiger partial charge in [0, 0.05) is 21.7 Å². The number of rotatable bonds is 2. The molecule has 0 saturated carbocycles. The molecule has 1 aromatic carbocycles. The van der Waals surface area contributed by atoms with E-state index in [9.17, 15) is 0 Å². The molecule has 2 heterocycles. The van der Waals surface area contributed by atoms with Gasteiger partial charge in [-0.15, -0.1) is 0 Å². The summed E-state index contributed by atoms with van der Waals surface area (Å²) < 4.78 is 4.01. The minimum atomic E-state index is 0.642. The Balaban J connectivity index is 2.04. The first-order valence-electron chi connectivity index (χ1n) is 5.74. The summed E-state index contributed by atoms with van der Waals surface area (Å²) in [6.07, 6.45) is 3.91. The average Bonchev–Trinajstić information content (AvgIpc) is 2.78. The fourth-order valence-electron chi connectivity index (χ4n) is 2.06. The van der Waals surface area contributed by atoms with E-state index in [4.69, 9.17) is 34.8 Å². The summed E-state index contributed by atoms with van der Waals surface area (Å²) >= 11 is 18.2. The van der Waals surface area contributed by atoms with Crippen molar-refractivity contribution in [1.82, 2.24) is 4.40 Å². The summed E-state index contributed by atoms with van der Waals surface area (Å²) in [7, 11) is 0. The second-order valence-corrected chi connectivity index (χ2v) is 5.47. The van der Waals surface area contributed by atoms with Crippen LogP contribution in [-0.2, 0) is 6.54 Å². The smallest absolute Gasteiger partial charge is 0.226 e. The maximum absolute atomic E-state index is 6.20. The highest BCUT2D eigenvalue weighted by Gasteiger charge is 2.13. The van der Waals surface area contributed by atoms with Gasteiger partial charge in [-0.3, -0.25) is 0 Å². The molecule has 2 nitrogen and oxygen atoms in total. The van der Waals surface area contributed by atoms with Crippen molar-refractivity contribution in [3.05, 3.63) is 69.6 Å². The van der Waals surface area contributed by atoms with Crippen molar-refractivity contribution < 1.29 is 4.57 Å². The number of halogens is 3. The number of nitrogens with zero attached hydrogens (tertiary/aromatic N) is 2. The van der Waals surface area contributed by atoms with Crippen LogP contribution >= 0.6 is 34.8 Å². The summed E-state index contributed by atoms with van der Waals surface area (Å²) in [4.78, 5) is 0. The minimum Gasteiger partial charge on any atom is -0.226 e. The maximum atomic E-state index is 6.20. The van der Waals surface area contributed by atoms with Crippen LogP contribution in [-0.4, -0.2) is 4.40 Å². The van der Waals surface area contributed by atoms with Crippen LogP contribution < -0.4 is 4.57 Å². The highest BCUT2D eigenvalue weighted by molar-refractivity contribution is 6.35. The normalized spacial score (nSPS) is 11.1. The molecular formula is C14H10Cl3N2+. The van der Waals surface area contributed by atoms with Crippen LogP contribution in [0.2, 0.25) is 15.2 Å². The molecule has 0 amide bonds. The molecule has 0 aliphatic rings. The molecule has 96 valence electrons. The van der Waals surface area contributed by atoms with E-state index >= 15 is 0 Å². The SMILES string of the molecule is Clc1ccc(C[n+]2ccn3c(Cl)cccc32)c(Cl)c1. The summed E-state index contributed by atoms with van der Waals surface area (Å²) in [6, 6.07) is 11.3. The van der Waals surface area contributed by atoms with Crippen molar-refractivity contribution in [1.29, 1.82) is 0 Å². The zero-order valence-corrected chi connectivity index (χ0v) is 12.1. The van der Waals surface area contributed by atoms with Crippen LogP contribution in [0, 0.1) is 0 Å². The average molecular weight is 313 g/mol. The number of hydrogen-bond donors (Lipinski definition) is 0. The lowest BCUT2D eigenvalue weighted by Crippen LogP contribution is -2.32. The van der Waals surface area contributed by atoms with Crippen LogP contribution in [0.15, 0.2) is 48.8 Å². The van der Waals surface area contributed by atoms with Crippen LogP contribution in [0.3, 0.4) is 0 Å². The molecule has 2 aromatic heterocycles. The lowest BCUT2D eigenvalue weighted by atomic mass is 10.2. The van der Waals surface area contributed by atoms with E-state index in [0.717, 1.165) is 11.2 Å². The van der Waals surface area contributed by atoms with Crippen molar-refractivity contribution >= 4 is 40.4 Å². The quantitative estimate of drug-likeness (QED) is 0.494. The van der Waals surface area contributed by atoms with E-state index in [1.165, 1.54) is 0 Å². The van der Waals surface area contributed by atoms with Crippen molar-refractivity contribution in [2.24, 2.45) is 0 Å². The molecule has 0 radical (unpaired) electrons. The van der Waals surface area contributed by atoms with Crippen molar-refractivity contribution in [2.45, 2.75) is 6.54 Å². The molecule has 0 atom stereocenters. The van der Waals surface area contributed by atoms with Crippen molar-refractivity contribution in [3.63, 3.8) is 0 Å². The first kappa shape index (κ1) is 12.8. The predicted molar refractivity (Wildman–Crippen MR) is 78.2 cm³/mol. The zero-order valence-electron chi connectivity index (χ0n) is 9.85. The molecule has 0 bridgehead atoms. The van der Waals surface area contributed by atoms with Gasteiger partial charge in [-0.05, 0) is 35.9 Å². The highest BCUT2D eigenvalue weighted by Crippen LogP contribution is 2.21. The summed E-state index contributed by atoms with van der Waals surface area (Å²) in [5.41, 5.74) is 2.03. The number of benzene rings is 1. The number of aromatic nitrogens is 2. The van der Waals surface area contributed by atoms with Gasteiger partial charge < -0.3 is 0 Å². The summed E-state index contributed by atoms with van der Waals surface area (Å²) in [5.74, 6) is 0. The van der Waals surface area contributed by atoms with E-state index in [0.29, 0.717) is 21.7 Å². The lowest BCUT2D eigenvalue weighted by molar-refractivity contribution is -0.661.